The molecule has 4 N–H and O–H groups in total. The Bertz CT molecular complexity index is 1030. The number of benzene rings is 1. The lowest BCUT2D eigenvalue weighted by molar-refractivity contribution is -0.139. The van der Waals surface area contributed by atoms with Gasteiger partial charge in [-0.3, -0.25) is 9.59 Å². The molecule has 2 amide bonds. The minimum atomic E-state index is -1.15. The predicted octanol–water partition coefficient (Wildman–Crippen LogP) is 3.10. The number of amides is 2. The standard InChI is InChI=1S/C30H45IN2O8/c1-5-6-7-8-10-27(36)33(12-9-14-40-20(2)3)24-17-22(30(38)32-11-13-34)18-25(28(24)37)41-29-23(31)15-21(19-35)16-26(29)39-4/h5,15-16,18,20,24-25,28,34-35,37H,1,6-14,17,19H2,2-4H3,(H,32,38). The number of nitrogens with one attached hydrogen (secondary N) is 1. The highest BCUT2D eigenvalue weighted by atomic mass is 127. The first-order chi connectivity index (χ1) is 19.7. The van der Waals surface area contributed by atoms with Gasteiger partial charge < -0.3 is 39.7 Å². The maximum Gasteiger partial charge on any atom is 0.247 e. The van der Waals surface area contributed by atoms with Crippen LogP contribution in [0.5, 0.6) is 11.5 Å². The van der Waals surface area contributed by atoms with Crippen molar-refractivity contribution in [1.82, 2.24) is 10.2 Å². The van der Waals surface area contributed by atoms with Crippen molar-refractivity contribution in [3.05, 3.63) is 45.6 Å². The lowest BCUT2D eigenvalue weighted by Crippen LogP contribution is -2.55. The second-order valence-corrected chi connectivity index (χ2v) is 11.3. The summed E-state index contributed by atoms with van der Waals surface area (Å²) in [5, 5.41) is 33.1. The number of allylic oxidation sites excluding steroid dienone is 1. The second-order valence-electron chi connectivity index (χ2n) is 10.2. The minimum absolute atomic E-state index is 0.0514. The Balaban J connectivity index is 2.43. The van der Waals surface area contributed by atoms with Crippen LogP contribution in [0.15, 0.2) is 36.4 Å². The zero-order valence-corrected chi connectivity index (χ0v) is 26.5. The maximum absolute atomic E-state index is 13.5. The average molecular weight is 689 g/mol. The van der Waals surface area contributed by atoms with Crippen LogP contribution in [-0.4, -0.2) is 89.8 Å². The van der Waals surface area contributed by atoms with E-state index < -0.39 is 24.2 Å². The van der Waals surface area contributed by atoms with Gasteiger partial charge in [0, 0.05) is 38.1 Å². The number of carbonyl (C=O) groups excluding carboxylic acids is 2. The molecule has 0 radical (unpaired) electrons. The first-order valence-electron chi connectivity index (χ1n) is 14.1. The van der Waals surface area contributed by atoms with Gasteiger partial charge in [-0.15, -0.1) is 6.58 Å². The number of hydrogen-bond acceptors (Lipinski definition) is 8. The Morgan fingerprint density at radius 2 is 2.00 bits per heavy atom. The zero-order valence-electron chi connectivity index (χ0n) is 24.3. The van der Waals surface area contributed by atoms with Gasteiger partial charge in [-0.1, -0.05) is 6.08 Å². The van der Waals surface area contributed by atoms with Gasteiger partial charge in [0.05, 0.1) is 36.0 Å². The molecule has 10 nitrogen and oxygen atoms in total. The third kappa shape index (κ3) is 10.9. The van der Waals surface area contributed by atoms with Crippen molar-refractivity contribution in [2.75, 3.05) is 33.4 Å². The van der Waals surface area contributed by atoms with Gasteiger partial charge in [0.25, 0.3) is 0 Å². The van der Waals surface area contributed by atoms with Gasteiger partial charge in [-0.2, -0.15) is 0 Å². The molecule has 2 rings (SSSR count). The third-order valence-electron chi connectivity index (χ3n) is 6.70. The Hall–Kier alpha value is -2.19. The largest absolute Gasteiger partial charge is 0.493 e. The Kier molecular flexibility index (Phi) is 15.7. The Labute approximate surface area is 256 Å². The van der Waals surface area contributed by atoms with E-state index in [0.29, 0.717) is 58.6 Å². The molecule has 0 aliphatic heterocycles. The molecule has 3 unspecified atom stereocenters. The van der Waals surface area contributed by atoms with E-state index in [9.17, 15) is 24.9 Å². The Morgan fingerprint density at radius 3 is 2.63 bits per heavy atom. The molecule has 0 saturated carbocycles. The number of ether oxygens (including phenoxy) is 3. The summed E-state index contributed by atoms with van der Waals surface area (Å²) in [6.07, 6.45) is 4.63. The lowest BCUT2D eigenvalue weighted by atomic mass is 9.87. The highest BCUT2D eigenvalue weighted by molar-refractivity contribution is 14.1. The van der Waals surface area contributed by atoms with E-state index >= 15 is 0 Å². The summed E-state index contributed by atoms with van der Waals surface area (Å²) in [5.41, 5.74) is 0.986. The van der Waals surface area contributed by atoms with Crippen molar-refractivity contribution in [2.24, 2.45) is 0 Å². The first kappa shape index (κ1) is 35.0. The van der Waals surface area contributed by atoms with Crippen LogP contribution in [0.3, 0.4) is 0 Å². The number of aliphatic hydroxyl groups is 3. The molecule has 1 aromatic rings. The molecule has 1 aliphatic rings. The third-order valence-corrected chi connectivity index (χ3v) is 7.51. The van der Waals surface area contributed by atoms with Gasteiger partial charge >= 0.3 is 0 Å². The summed E-state index contributed by atoms with van der Waals surface area (Å²) >= 11 is 2.07. The Morgan fingerprint density at radius 1 is 1.24 bits per heavy atom. The fourth-order valence-corrected chi connectivity index (χ4v) is 5.43. The fraction of sp³-hybridized carbons (Fsp3) is 0.600. The highest BCUT2D eigenvalue weighted by Crippen LogP contribution is 2.37. The summed E-state index contributed by atoms with van der Waals surface area (Å²) < 4.78 is 18.1. The van der Waals surface area contributed by atoms with E-state index in [1.54, 1.807) is 23.1 Å². The van der Waals surface area contributed by atoms with E-state index in [-0.39, 0.29) is 38.2 Å². The number of halogens is 1. The van der Waals surface area contributed by atoms with Crippen molar-refractivity contribution >= 4 is 34.4 Å². The number of rotatable bonds is 18. The van der Waals surface area contributed by atoms with Gasteiger partial charge in [-0.25, -0.2) is 0 Å². The molecule has 3 atom stereocenters. The van der Waals surface area contributed by atoms with Crippen LogP contribution in [0, 0.1) is 3.57 Å². The van der Waals surface area contributed by atoms with Crippen molar-refractivity contribution in [3.63, 3.8) is 0 Å². The predicted molar refractivity (Wildman–Crippen MR) is 165 cm³/mol. The van der Waals surface area contributed by atoms with Crippen LogP contribution in [0.2, 0.25) is 0 Å². The summed E-state index contributed by atoms with van der Waals surface area (Å²) in [4.78, 5) is 28.2. The van der Waals surface area contributed by atoms with E-state index in [2.05, 4.69) is 34.5 Å². The van der Waals surface area contributed by atoms with Crippen LogP contribution < -0.4 is 14.8 Å². The fourth-order valence-electron chi connectivity index (χ4n) is 4.63. The molecule has 0 heterocycles. The maximum atomic E-state index is 13.5. The van der Waals surface area contributed by atoms with Crippen molar-refractivity contribution in [1.29, 1.82) is 0 Å². The molecule has 0 fully saturated rings. The monoisotopic (exact) mass is 688 g/mol. The van der Waals surface area contributed by atoms with Crippen LogP contribution in [-0.2, 0) is 20.9 Å². The summed E-state index contributed by atoms with van der Waals surface area (Å²) in [7, 11) is 1.48. The van der Waals surface area contributed by atoms with Crippen LogP contribution in [0.1, 0.15) is 57.9 Å². The normalized spacial score (nSPS) is 18.5. The number of unbranched alkanes of at least 4 members (excludes halogenated alkanes) is 2. The number of nitrogens with zero attached hydrogens (tertiary/aromatic N) is 1. The average Bonchev–Trinajstić information content (AvgIpc) is 2.95. The van der Waals surface area contributed by atoms with Gasteiger partial charge in [-0.05, 0) is 85.9 Å². The molecule has 1 aromatic carbocycles. The summed E-state index contributed by atoms with van der Waals surface area (Å²) in [5.74, 6) is 0.214. The molecular formula is C30H45IN2O8. The molecule has 0 aromatic heterocycles. The quantitative estimate of drug-likeness (QED) is 0.105. The zero-order chi connectivity index (χ0) is 30.4. The molecule has 11 heteroatoms. The molecule has 41 heavy (non-hydrogen) atoms. The van der Waals surface area contributed by atoms with Gasteiger partial charge in [0.15, 0.2) is 11.5 Å². The summed E-state index contributed by atoms with van der Waals surface area (Å²) in [6.45, 7) is 8.10. The molecule has 1 aliphatic carbocycles. The van der Waals surface area contributed by atoms with Crippen molar-refractivity contribution in [2.45, 2.75) is 83.3 Å². The van der Waals surface area contributed by atoms with Crippen LogP contribution in [0.4, 0.5) is 0 Å². The smallest absolute Gasteiger partial charge is 0.247 e. The number of hydrogen-bond donors (Lipinski definition) is 4. The minimum Gasteiger partial charge on any atom is -0.493 e. The first-order valence-corrected chi connectivity index (χ1v) is 15.2. The van der Waals surface area contributed by atoms with E-state index in [1.165, 1.54) is 7.11 Å². The van der Waals surface area contributed by atoms with Crippen molar-refractivity contribution in [3.8, 4) is 11.5 Å². The number of methoxy groups -OCH3 is 1. The summed E-state index contributed by atoms with van der Waals surface area (Å²) in [6, 6.07) is 2.67. The second kappa shape index (κ2) is 18.4. The molecule has 0 spiro atoms. The topological polar surface area (TPSA) is 138 Å². The molecular weight excluding hydrogens is 643 g/mol. The number of carbonyl (C=O) groups is 2. The van der Waals surface area contributed by atoms with Crippen LogP contribution >= 0.6 is 22.6 Å². The van der Waals surface area contributed by atoms with E-state index in [4.69, 9.17) is 14.2 Å². The van der Waals surface area contributed by atoms with Crippen LogP contribution in [0.25, 0.3) is 0 Å². The van der Waals surface area contributed by atoms with E-state index in [0.717, 1.165) is 12.8 Å². The lowest BCUT2D eigenvalue weighted by Gasteiger charge is -2.41. The van der Waals surface area contributed by atoms with E-state index in [1.807, 2.05) is 19.9 Å². The highest BCUT2D eigenvalue weighted by Gasteiger charge is 2.40. The van der Waals surface area contributed by atoms with Gasteiger partial charge in [0.2, 0.25) is 11.8 Å². The van der Waals surface area contributed by atoms with Gasteiger partial charge in [0.1, 0.15) is 12.2 Å². The SMILES string of the molecule is C=CCCCCC(=O)N(CCCOC(C)C)C1CC(C(=O)NCCO)=CC(Oc2c(I)cc(CO)cc2OC)C1O. The molecule has 230 valence electrons. The molecule has 0 saturated heterocycles. The molecule has 0 bridgehead atoms. The van der Waals surface area contributed by atoms with Crippen molar-refractivity contribution < 1.29 is 39.1 Å². The number of aliphatic hydroxyl groups excluding tert-OH is 3.